The molecule has 0 spiro atoms. The van der Waals surface area contributed by atoms with E-state index in [-0.39, 0.29) is 5.91 Å². The van der Waals surface area contributed by atoms with Gasteiger partial charge in [0.15, 0.2) is 0 Å². The van der Waals surface area contributed by atoms with E-state index in [1.807, 2.05) is 6.92 Å². The fraction of sp³-hybridized carbons (Fsp3) is 0.643. The summed E-state index contributed by atoms with van der Waals surface area (Å²) in [5.41, 5.74) is 1.03. The molecule has 1 aliphatic rings. The van der Waals surface area contributed by atoms with Crippen molar-refractivity contribution in [3.8, 4) is 0 Å². The second-order valence-corrected chi connectivity index (χ2v) is 5.12. The molecule has 1 fully saturated rings. The van der Waals surface area contributed by atoms with E-state index in [0.717, 1.165) is 29.6 Å². The van der Waals surface area contributed by atoms with Crippen LogP contribution in [0.3, 0.4) is 0 Å². The quantitative estimate of drug-likeness (QED) is 0.660. The van der Waals surface area contributed by atoms with Crippen LogP contribution in [-0.4, -0.2) is 35.5 Å². The molecule has 1 amide bonds. The topological polar surface area (TPSA) is 78.9 Å². The molecule has 0 aliphatic heterocycles. The van der Waals surface area contributed by atoms with Crippen molar-refractivity contribution >= 4 is 17.5 Å². The lowest BCUT2D eigenvalue weighted by Crippen LogP contribution is -2.26. The highest BCUT2D eigenvalue weighted by atomic mass is 16.1. The highest BCUT2D eigenvalue weighted by molar-refractivity contribution is 5.72. The van der Waals surface area contributed by atoms with E-state index in [1.54, 1.807) is 0 Å². The van der Waals surface area contributed by atoms with Crippen molar-refractivity contribution in [3.63, 3.8) is 0 Å². The van der Waals surface area contributed by atoms with Gasteiger partial charge in [-0.05, 0) is 26.7 Å². The Balaban J connectivity index is 2.06. The highest BCUT2D eigenvalue weighted by Crippen LogP contribution is 2.39. The Morgan fingerprint density at radius 1 is 1.20 bits per heavy atom. The maximum absolute atomic E-state index is 10.8. The minimum Gasteiger partial charge on any atom is -0.370 e. The average Bonchev–Trinajstić information content (AvgIpc) is 3.22. The highest BCUT2D eigenvalue weighted by Gasteiger charge is 2.28. The first-order valence-corrected chi connectivity index (χ1v) is 7.22. The summed E-state index contributed by atoms with van der Waals surface area (Å²) in [4.78, 5) is 20.1. The zero-order chi connectivity index (χ0) is 14.5. The molecule has 1 saturated carbocycles. The Labute approximate surface area is 119 Å². The van der Waals surface area contributed by atoms with Crippen LogP contribution >= 0.6 is 0 Å². The van der Waals surface area contributed by atoms with Gasteiger partial charge in [-0.1, -0.05) is 0 Å². The Hall–Kier alpha value is -1.85. The minimum atomic E-state index is -0.0155. The Morgan fingerprint density at radius 2 is 1.85 bits per heavy atom. The number of carbonyl (C=O) groups is 1. The van der Waals surface area contributed by atoms with Crippen LogP contribution in [0.25, 0.3) is 0 Å². The Kier molecular flexibility index (Phi) is 4.76. The van der Waals surface area contributed by atoms with Crippen molar-refractivity contribution in [3.05, 3.63) is 11.4 Å². The van der Waals surface area contributed by atoms with Crippen molar-refractivity contribution in [1.82, 2.24) is 15.3 Å². The molecule has 2 rings (SSSR count). The second kappa shape index (κ2) is 6.54. The van der Waals surface area contributed by atoms with Crippen LogP contribution in [0, 0.1) is 6.92 Å². The normalized spacial score (nSPS) is 13.9. The monoisotopic (exact) mass is 277 g/mol. The summed E-state index contributed by atoms with van der Waals surface area (Å²) < 4.78 is 0. The number of aromatic nitrogens is 2. The number of rotatable bonds is 7. The maximum Gasteiger partial charge on any atom is 0.216 e. The van der Waals surface area contributed by atoms with Crippen LogP contribution in [-0.2, 0) is 4.79 Å². The molecule has 6 nitrogen and oxygen atoms in total. The van der Waals surface area contributed by atoms with E-state index in [9.17, 15) is 4.79 Å². The summed E-state index contributed by atoms with van der Waals surface area (Å²) >= 11 is 0. The van der Waals surface area contributed by atoms with E-state index in [2.05, 4.69) is 32.8 Å². The van der Waals surface area contributed by atoms with Gasteiger partial charge in [-0.3, -0.25) is 4.79 Å². The van der Waals surface area contributed by atoms with Gasteiger partial charge < -0.3 is 16.0 Å². The lowest BCUT2D eigenvalue weighted by molar-refractivity contribution is -0.118. The van der Waals surface area contributed by atoms with E-state index in [4.69, 9.17) is 0 Å². The van der Waals surface area contributed by atoms with Crippen LogP contribution in [0.1, 0.15) is 44.0 Å². The number of hydrogen-bond donors (Lipinski definition) is 3. The Morgan fingerprint density at radius 3 is 2.40 bits per heavy atom. The van der Waals surface area contributed by atoms with Crippen LogP contribution in [0.15, 0.2) is 0 Å². The molecule has 0 unspecified atom stereocenters. The SMILES string of the molecule is CCNc1nc(C2CC2)nc(NCCNC(C)=O)c1C. The van der Waals surface area contributed by atoms with Crippen molar-refractivity contribution in [2.45, 2.75) is 39.5 Å². The predicted octanol–water partition coefficient (Wildman–Crippen LogP) is 1.64. The van der Waals surface area contributed by atoms with Crippen molar-refractivity contribution < 1.29 is 4.79 Å². The number of amides is 1. The van der Waals surface area contributed by atoms with Gasteiger partial charge in [0, 0.05) is 38.0 Å². The molecule has 110 valence electrons. The summed E-state index contributed by atoms with van der Waals surface area (Å²) in [6.45, 7) is 7.68. The zero-order valence-electron chi connectivity index (χ0n) is 12.4. The maximum atomic E-state index is 10.8. The molecule has 0 radical (unpaired) electrons. The van der Waals surface area contributed by atoms with Gasteiger partial charge in [0.1, 0.15) is 17.5 Å². The number of hydrogen-bond acceptors (Lipinski definition) is 5. The fourth-order valence-electron chi connectivity index (χ4n) is 1.99. The summed E-state index contributed by atoms with van der Waals surface area (Å²) in [6.07, 6.45) is 2.36. The molecule has 0 aromatic carbocycles. The molecule has 20 heavy (non-hydrogen) atoms. The van der Waals surface area contributed by atoms with Crippen molar-refractivity contribution in [2.24, 2.45) is 0 Å². The van der Waals surface area contributed by atoms with Crippen LogP contribution in [0.4, 0.5) is 11.6 Å². The van der Waals surface area contributed by atoms with Gasteiger partial charge in [-0.15, -0.1) is 0 Å². The molecule has 0 atom stereocenters. The third-order valence-corrected chi connectivity index (χ3v) is 3.24. The first-order valence-electron chi connectivity index (χ1n) is 7.22. The molecule has 0 bridgehead atoms. The largest absolute Gasteiger partial charge is 0.370 e. The van der Waals surface area contributed by atoms with Crippen molar-refractivity contribution in [1.29, 1.82) is 0 Å². The lowest BCUT2D eigenvalue weighted by atomic mass is 10.2. The number of nitrogens with one attached hydrogen (secondary N) is 3. The van der Waals surface area contributed by atoms with Gasteiger partial charge in [0.25, 0.3) is 0 Å². The fourth-order valence-corrected chi connectivity index (χ4v) is 1.99. The summed E-state index contributed by atoms with van der Waals surface area (Å²) in [5, 5.41) is 9.34. The van der Waals surface area contributed by atoms with E-state index in [0.29, 0.717) is 19.0 Å². The molecule has 3 N–H and O–H groups in total. The molecule has 1 aliphatic carbocycles. The van der Waals surface area contributed by atoms with Gasteiger partial charge >= 0.3 is 0 Å². The smallest absolute Gasteiger partial charge is 0.216 e. The molecular formula is C14H23N5O. The summed E-state index contributed by atoms with van der Waals surface area (Å²) in [7, 11) is 0. The first kappa shape index (κ1) is 14.6. The van der Waals surface area contributed by atoms with Crippen LogP contribution in [0.2, 0.25) is 0 Å². The van der Waals surface area contributed by atoms with Gasteiger partial charge in [-0.2, -0.15) is 0 Å². The first-order chi connectivity index (χ1) is 9.61. The molecular weight excluding hydrogens is 254 g/mol. The van der Waals surface area contributed by atoms with Crippen molar-refractivity contribution in [2.75, 3.05) is 30.3 Å². The van der Waals surface area contributed by atoms with E-state index in [1.165, 1.54) is 19.8 Å². The van der Waals surface area contributed by atoms with Crippen LogP contribution in [0.5, 0.6) is 0 Å². The standard InChI is InChI=1S/C14H23N5O/c1-4-15-12-9(2)13(17-8-7-16-10(3)20)19-14(18-12)11-5-6-11/h11H,4-8H2,1-3H3,(H,16,20)(H2,15,17,18,19). The zero-order valence-corrected chi connectivity index (χ0v) is 12.4. The minimum absolute atomic E-state index is 0.0155. The van der Waals surface area contributed by atoms with Gasteiger partial charge in [-0.25, -0.2) is 9.97 Å². The lowest BCUT2D eigenvalue weighted by Gasteiger charge is -2.14. The number of nitrogens with zero attached hydrogens (tertiary/aromatic N) is 2. The van der Waals surface area contributed by atoms with Gasteiger partial charge in [0.05, 0.1) is 0 Å². The third kappa shape index (κ3) is 3.82. The summed E-state index contributed by atoms with van der Waals surface area (Å²) in [5.74, 6) is 3.20. The Bertz CT molecular complexity index is 485. The number of anilines is 2. The van der Waals surface area contributed by atoms with E-state index < -0.39 is 0 Å². The molecule has 1 aromatic heterocycles. The molecule has 6 heteroatoms. The number of carbonyl (C=O) groups excluding carboxylic acids is 1. The van der Waals surface area contributed by atoms with E-state index >= 15 is 0 Å². The molecule has 0 saturated heterocycles. The summed E-state index contributed by atoms with van der Waals surface area (Å²) in [6, 6.07) is 0. The molecule has 1 heterocycles. The second-order valence-electron chi connectivity index (χ2n) is 5.12. The van der Waals surface area contributed by atoms with Crippen LogP contribution < -0.4 is 16.0 Å². The van der Waals surface area contributed by atoms with Gasteiger partial charge in [0.2, 0.25) is 5.91 Å². The molecule has 1 aromatic rings. The average molecular weight is 277 g/mol. The predicted molar refractivity (Wildman–Crippen MR) is 80.1 cm³/mol. The third-order valence-electron chi connectivity index (χ3n) is 3.24.